The standard InChI is InChI=1S/C16H31N/c1-11-7-5-6-8-15(11)10-16-9-12(2)17-14(4)13(16)3/h11-17H,5-10H2,1-4H3. The summed E-state index contributed by atoms with van der Waals surface area (Å²) in [7, 11) is 0. The quantitative estimate of drug-likeness (QED) is 0.758. The third-order valence-corrected chi connectivity index (χ3v) is 5.63. The summed E-state index contributed by atoms with van der Waals surface area (Å²) in [4.78, 5) is 0. The summed E-state index contributed by atoms with van der Waals surface area (Å²) in [5.41, 5.74) is 0. The third-order valence-electron chi connectivity index (χ3n) is 5.63. The molecule has 0 bridgehead atoms. The molecule has 17 heavy (non-hydrogen) atoms. The minimum atomic E-state index is 0.711. The first kappa shape index (κ1) is 13.4. The van der Waals surface area contributed by atoms with Crippen molar-refractivity contribution < 1.29 is 0 Å². The molecule has 1 heteroatoms. The van der Waals surface area contributed by atoms with E-state index in [1.165, 1.54) is 38.5 Å². The lowest BCUT2D eigenvalue weighted by atomic mass is 9.70. The first-order valence-electron chi connectivity index (χ1n) is 7.84. The molecule has 1 aliphatic heterocycles. The van der Waals surface area contributed by atoms with Crippen LogP contribution in [-0.2, 0) is 0 Å². The van der Waals surface area contributed by atoms with Gasteiger partial charge in [0.05, 0.1) is 0 Å². The molecule has 0 radical (unpaired) electrons. The number of piperidine rings is 1. The van der Waals surface area contributed by atoms with Crippen LogP contribution in [0, 0.1) is 23.7 Å². The summed E-state index contributed by atoms with van der Waals surface area (Å²) in [5, 5.41) is 3.71. The zero-order valence-corrected chi connectivity index (χ0v) is 12.2. The molecule has 1 nitrogen and oxygen atoms in total. The van der Waals surface area contributed by atoms with Crippen LogP contribution in [0.4, 0.5) is 0 Å². The van der Waals surface area contributed by atoms with E-state index in [4.69, 9.17) is 0 Å². The third kappa shape index (κ3) is 3.24. The molecule has 100 valence electrons. The molecule has 2 aliphatic rings. The second-order valence-electron chi connectivity index (χ2n) is 6.97. The number of hydrogen-bond acceptors (Lipinski definition) is 1. The van der Waals surface area contributed by atoms with Crippen LogP contribution in [0.1, 0.15) is 66.2 Å². The summed E-state index contributed by atoms with van der Waals surface area (Å²) in [6.45, 7) is 9.68. The molecule has 0 amide bonds. The van der Waals surface area contributed by atoms with Crippen LogP contribution >= 0.6 is 0 Å². The molecule has 1 N–H and O–H groups in total. The van der Waals surface area contributed by atoms with Crippen molar-refractivity contribution in [2.24, 2.45) is 23.7 Å². The van der Waals surface area contributed by atoms with Gasteiger partial charge in [0.15, 0.2) is 0 Å². The molecule has 0 aromatic heterocycles. The van der Waals surface area contributed by atoms with Crippen LogP contribution in [0.2, 0.25) is 0 Å². The normalized spacial score (nSPS) is 48.0. The Morgan fingerprint density at radius 2 is 1.65 bits per heavy atom. The van der Waals surface area contributed by atoms with Gasteiger partial charge in [-0.25, -0.2) is 0 Å². The van der Waals surface area contributed by atoms with Crippen molar-refractivity contribution in [3.05, 3.63) is 0 Å². The molecule has 2 rings (SSSR count). The van der Waals surface area contributed by atoms with Crippen molar-refractivity contribution in [2.45, 2.75) is 78.3 Å². The number of hydrogen-bond donors (Lipinski definition) is 1. The molecule has 1 saturated carbocycles. The van der Waals surface area contributed by atoms with E-state index in [1.807, 2.05) is 0 Å². The van der Waals surface area contributed by atoms with Gasteiger partial charge in [-0.1, -0.05) is 39.5 Å². The first-order valence-corrected chi connectivity index (χ1v) is 7.84. The van der Waals surface area contributed by atoms with Crippen molar-refractivity contribution in [1.29, 1.82) is 0 Å². The monoisotopic (exact) mass is 237 g/mol. The van der Waals surface area contributed by atoms with E-state index in [-0.39, 0.29) is 0 Å². The van der Waals surface area contributed by atoms with Gasteiger partial charge in [0, 0.05) is 12.1 Å². The van der Waals surface area contributed by atoms with Crippen LogP contribution in [0.15, 0.2) is 0 Å². The molecule has 6 unspecified atom stereocenters. The van der Waals surface area contributed by atoms with Crippen LogP contribution in [-0.4, -0.2) is 12.1 Å². The maximum Gasteiger partial charge on any atom is 0.00694 e. The molecule has 1 heterocycles. The lowest BCUT2D eigenvalue weighted by molar-refractivity contribution is 0.120. The van der Waals surface area contributed by atoms with Crippen LogP contribution in [0.5, 0.6) is 0 Å². The molecule has 0 aromatic rings. The van der Waals surface area contributed by atoms with Gasteiger partial charge in [-0.2, -0.15) is 0 Å². The lowest BCUT2D eigenvalue weighted by Gasteiger charge is -2.42. The highest BCUT2D eigenvalue weighted by Crippen LogP contribution is 2.39. The van der Waals surface area contributed by atoms with Crippen molar-refractivity contribution in [1.82, 2.24) is 5.32 Å². The Bertz CT molecular complexity index is 238. The van der Waals surface area contributed by atoms with Gasteiger partial charge in [-0.3, -0.25) is 0 Å². The van der Waals surface area contributed by atoms with Gasteiger partial charge in [0.1, 0.15) is 0 Å². The van der Waals surface area contributed by atoms with Gasteiger partial charge in [-0.15, -0.1) is 0 Å². The Labute approximate surface area is 108 Å². The number of rotatable bonds is 2. The van der Waals surface area contributed by atoms with E-state index in [9.17, 15) is 0 Å². The van der Waals surface area contributed by atoms with Gasteiger partial charge >= 0.3 is 0 Å². The average Bonchev–Trinajstić information content (AvgIpc) is 2.28. The molecule has 0 spiro atoms. The summed E-state index contributed by atoms with van der Waals surface area (Å²) in [5.74, 6) is 3.83. The fourth-order valence-electron chi connectivity index (χ4n) is 4.19. The lowest BCUT2D eigenvalue weighted by Crippen LogP contribution is -2.48. The highest BCUT2D eigenvalue weighted by molar-refractivity contribution is 4.88. The van der Waals surface area contributed by atoms with Gasteiger partial charge in [-0.05, 0) is 50.4 Å². The predicted octanol–water partition coefficient (Wildman–Crippen LogP) is 4.23. The first-order chi connectivity index (χ1) is 8.08. The average molecular weight is 237 g/mol. The van der Waals surface area contributed by atoms with Crippen molar-refractivity contribution >= 4 is 0 Å². The van der Waals surface area contributed by atoms with Crippen LogP contribution in [0.25, 0.3) is 0 Å². The molecule has 1 saturated heterocycles. The molecule has 1 aliphatic carbocycles. The Hall–Kier alpha value is -0.0400. The van der Waals surface area contributed by atoms with E-state index in [1.54, 1.807) is 0 Å². The largest absolute Gasteiger partial charge is 0.311 e. The summed E-state index contributed by atoms with van der Waals surface area (Å²) < 4.78 is 0. The highest BCUT2D eigenvalue weighted by atomic mass is 15.0. The Balaban J connectivity index is 1.92. The molecule has 2 fully saturated rings. The zero-order valence-electron chi connectivity index (χ0n) is 12.2. The van der Waals surface area contributed by atoms with Gasteiger partial charge < -0.3 is 5.32 Å². The predicted molar refractivity (Wildman–Crippen MR) is 75.1 cm³/mol. The van der Waals surface area contributed by atoms with Gasteiger partial charge in [0.2, 0.25) is 0 Å². The summed E-state index contributed by atoms with van der Waals surface area (Å²) >= 11 is 0. The zero-order chi connectivity index (χ0) is 12.4. The van der Waals surface area contributed by atoms with Gasteiger partial charge in [0.25, 0.3) is 0 Å². The maximum absolute atomic E-state index is 3.71. The fourth-order valence-corrected chi connectivity index (χ4v) is 4.19. The minimum Gasteiger partial charge on any atom is -0.311 e. The van der Waals surface area contributed by atoms with E-state index >= 15 is 0 Å². The fraction of sp³-hybridized carbons (Fsp3) is 1.00. The van der Waals surface area contributed by atoms with Crippen LogP contribution < -0.4 is 5.32 Å². The minimum absolute atomic E-state index is 0.711. The van der Waals surface area contributed by atoms with E-state index < -0.39 is 0 Å². The molecule has 6 atom stereocenters. The summed E-state index contributed by atoms with van der Waals surface area (Å²) in [6.07, 6.45) is 8.84. The molecule has 0 aromatic carbocycles. The molecular formula is C16H31N. The topological polar surface area (TPSA) is 12.0 Å². The Kier molecular flexibility index (Phi) is 4.52. The number of nitrogens with one attached hydrogen (secondary N) is 1. The highest BCUT2D eigenvalue weighted by Gasteiger charge is 2.33. The maximum atomic E-state index is 3.71. The second kappa shape index (κ2) is 5.73. The van der Waals surface area contributed by atoms with Crippen molar-refractivity contribution in [2.75, 3.05) is 0 Å². The summed E-state index contributed by atoms with van der Waals surface area (Å²) in [6, 6.07) is 1.44. The Morgan fingerprint density at radius 3 is 2.35 bits per heavy atom. The van der Waals surface area contributed by atoms with E-state index in [0.29, 0.717) is 6.04 Å². The van der Waals surface area contributed by atoms with E-state index in [0.717, 1.165) is 29.7 Å². The Morgan fingerprint density at radius 1 is 0.941 bits per heavy atom. The van der Waals surface area contributed by atoms with E-state index in [2.05, 4.69) is 33.0 Å². The molecular weight excluding hydrogens is 206 g/mol. The SMILES string of the molecule is CC1CC(CC2CCCCC2C)C(C)C(C)N1. The smallest absolute Gasteiger partial charge is 0.00694 e. The second-order valence-corrected chi connectivity index (χ2v) is 6.97. The van der Waals surface area contributed by atoms with Crippen molar-refractivity contribution in [3.63, 3.8) is 0 Å². The van der Waals surface area contributed by atoms with Crippen LogP contribution in [0.3, 0.4) is 0 Å². The van der Waals surface area contributed by atoms with Crippen molar-refractivity contribution in [3.8, 4) is 0 Å².